The molecule has 1 aromatic carbocycles. The van der Waals surface area contributed by atoms with Crippen molar-refractivity contribution in [2.75, 3.05) is 6.61 Å². The molecule has 0 radical (unpaired) electrons. The van der Waals surface area contributed by atoms with Gasteiger partial charge in [0, 0.05) is 16.8 Å². The predicted octanol–water partition coefficient (Wildman–Crippen LogP) is 4.20. The first kappa shape index (κ1) is 13.6. The third-order valence-electron chi connectivity index (χ3n) is 3.58. The summed E-state index contributed by atoms with van der Waals surface area (Å²) in [4.78, 5) is 11.5. The monoisotopic (exact) mass is 310 g/mol. The van der Waals surface area contributed by atoms with Crippen molar-refractivity contribution in [1.82, 2.24) is 0 Å². The van der Waals surface area contributed by atoms with Gasteiger partial charge in [0.1, 0.15) is 11.5 Å². The molecule has 0 spiro atoms. The molecular weight excluding hydrogens is 292 g/mol. The summed E-state index contributed by atoms with van der Waals surface area (Å²) in [5.74, 6) is 1.56. The molecule has 0 amide bonds. The summed E-state index contributed by atoms with van der Waals surface area (Å²) in [6.45, 7) is 4.76. The number of carbonyl (C=O) groups excluding carboxylic acids is 1. The summed E-state index contributed by atoms with van der Waals surface area (Å²) in [6.07, 6.45) is 3.72. The number of halogens is 1. The number of hydrogen-bond donors (Lipinski definition) is 0. The molecule has 0 bridgehead atoms. The molecule has 1 aliphatic rings. The van der Waals surface area contributed by atoms with Crippen LogP contribution in [0.1, 0.15) is 36.8 Å². The number of rotatable bonds is 4. The third kappa shape index (κ3) is 3.14. The lowest BCUT2D eigenvalue weighted by Crippen LogP contribution is -2.11. The minimum absolute atomic E-state index is 0.239. The zero-order valence-electron chi connectivity index (χ0n) is 11.0. The van der Waals surface area contributed by atoms with Gasteiger partial charge in [0.2, 0.25) is 0 Å². The van der Waals surface area contributed by atoms with Crippen LogP contribution in [0, 0.1) is 19.8 Å². The zero-order valence-corrected chi connectivity index (χ0v) is 12.5. The fourth-order valence-corrected chi connectivity index (χ4v) is 2.73. The van der Waals surface area contributed by atoms with Crippen molar-refractivity contribution in [3.05, 3.63) is 27.7 Å². The van der Waals surface area contributed by atoms with Crippen molar-refractivity contribution in [1.29, 1.82) is 0 Å². The fraction of sp³-hybridized carbons (Fsp3) is 0.533. The predicted molar refractivity (Wildman–Crippen MR) is 76.1 cm³/mol. The Kier molecular flexibility index (Phi) is 4.44. The molecule has 2 nitrogen and oxygen atoms in total. The first-order valence-electron chi connectivity index (χ1n) is 6.50. The lowest BCUT2D eigenvalue weighted by Gasteiger charge is -2.12. The number of aryl methyl sites for hydroxylation is 2. The first-order chi connectivity index (χ1) is 8.58. The number of carbonyl (C=O) groups is 1. The van der Waals surface area contributed by atoms with Crippen LogP contribution >= 0.6 is 15.9 Å². The summed E-state index contributed by atoms with van der Waals surface area (Å²) >= 11 is 3.54. The Morgan fingerprint density at radius 2 is 2.00 bits per heavy atom. The number of ketones is 1. The molecule has 0 aliphatic heterocycles. The van der Waals surface area contributed by atoms with Crippen molar-refractivity contribution in [3.8, 4) is 5.75 Å². The quantitative estimate of drug-likeness (QED) is 0.833. The molecule has 2 rings (SSSR count). The van der Waals surface area contributed by atoms with E-state index in [2.05, 4.69) is 29.8 Å². The highest BCUT2D eigenvalue weighted by Crippen LogP contribution is 2.28. The summed E-state index contributed by atoms with van der Waals surface area (Å²) in [5.41, 5.74) is 2.36. The lowest BCUT2D eigenvalue weighted by molar-refractivity contribution is -0.121. The van der Waals surface area contributed by atoms with Gasteiger partial charge in [0.25, 0.3) is 0 Å². The van der Waals surface area contributed by atoms with Gasteiger partial charge in [-0.25, -0.2) is 0 Å². The maximum atomic E-state index is 11.5. The molecule has 1 saturated carbocycles. The van der Waals surface area contributed by atoms with Crippen molar-refractivity contribution >= 4 is 21.7 Å². The molecule has 1 aliphatic carbocycles. The van der Waals surface area contributed by atoms with E-state index < -0.39 is 0 Å². The lowest BCUT2D eigenvalue weighted by atomic mass is 10.0. The first-order valence-corrected chi connectivity index (χ1v) is 7.29. The van der Waals surface area contributed by atoms with E-state index >= 15 is 0 Å². The normalized spacial score (nSPS) is 19.3. The van der Waals surface area contributed by atoms with E-state index in [0.717, 1.165) is 35.9 Å². The molecule has 1 fully saturated rings. The summed E-state index contributed by atoms with van der Waals surface area (Å²) in [5, 5.41) is 0. The van der Waals surface area contributed by atoms with Gasteiger partial charge in [0.05, 0.1) is 6.61 Å². The Hall–Kier alpha value is -0.830. The number of hydrogen-bond acceptors (Lipinski definition) is 2. The van der Waals surface area contributed by atoms with Crippen molar-refractivity contribution in [2.45, 2.75) is 39.5 Å². The Morgan fingerprint density at radius 3 is 2.56 bits per heavy atom. The Bertz CT molecular complexity index is 431. The van der Waals surface area contributed by atoms with Crippen LogP contribution in [0.3, 0.4) is 0 Å². The number of Topliss-reactive ketones (excluding diaryl/α,β-unsaturated/α-hetero) is 1. The fourth-order valence-electron chi connectivity index (χ4n) is 2.50. The highest BCUT2D eigenvalue weighted by molar-refractivity contribution is 9.10. The molecule has 18 heavy (non-hydrogen) atoms. The molecule has 1 aromatic rings. The van der Waals surface area contributed by atoms with Crippen LogP contribution in [0.2, 0.25) is 0 Å². The second kappa shape index (κ2) is 5.87. The number of ether oxygens (including phenoxy) is 1. The van der Waals surface area contributed by atoms with E-state index in [4.69, 9.17) is 4.74 Å². The average Bonchev–Trinajstić information content (AvgIpc) is 2.72. The maximum Gasteiger partial charge on any atom is 0.136 e. The van der Waals surface area contributed by atoms with Crippen molar-refractivity contribution in [3.63, 3.8) is 0 Å². The Morgan fingerprint density at radius 1 is 1.33 bits per heavy atom. The van der Waals surface area contributed by atoms with Crippen LogP contribution in [0.15, 0.2) is 16.6 Å². The van der Waals surface area contributed by atoms with Gasteiger partial charge in [-0.15, -0.1) is 0 Å². The van der Waals surface area contributed by atoms with Gasteiger partial charge in [0.15, 0.2) is 0 Å². The highest BCUT2D eigenvalue weighted by Gasteiger charge is 2.23. The summed E-state index contributed by atoms with van der Waals surface area (Å²) in [7, 11) is 0. The molecule has 3 heteroatoms. The standard InChI is InChI=1S/C15H19BrO2/c1-10-8-13(9-11(2)15(10)16)18-7-6-12-4-3-5-14(12)17/h8-9,12H,3-7H2,1-2H3. The minimum Gasteiger partial charge on any atom is -0.494 e. The molecule has 0 saturated heterocycles. The van der Waals surface area contributed by atoms with Gasteiger partial charge in [-0.1, -0.05) is 15.9 Å². The molecule has 98 valence electrons. The Balaban J connectivity index is 1.88. The van der Waals surface area contributed by atoms with Gasteiger partial charge in [-0.3, -0.25) is 4.79 Å². The SMILES string of the molecule is Cc1cc(OCCC2CCCC2=O)cc(C)c1Br. The van der Waals surface area contributed by atoms with Gasteiger partial charge < -0.3 is 4.74 Å². The molecular formula is C15H19BrO2. The van der Waals surface area contributed by atoms with Gasteiger partial charge in [-0.2, -0.15) is 0 Å². The number of benzene rings is 1. The average molecular weight is 311 g/mol. The molecule has 0 aromatic heterocycles. The van der Waals surface area contributed by atoms with E-state index in [9.17, 15) is 4.79 Å². The van der Waals surface area contributed by atoms with E-state index in [1.165, 1.54) is 11.1 Å². The second-order valence-corrected chi connectivity index (χ2v) is 5.86. The Labute approximate surface area is 117 Å². The zero-order chi connectivity index (χ0) is 13.1. The topological polar surface area (TPSA) is 26.3 Å². The van der Waals surface area contributed by atoms with E-state index in [0.29, 0.717) is 12.4 Å². The smallest absolute Gasteiger partial charge is 0.136 e. The molecule has 0 heterocycles. The second-order valence-electron chi connectivity index (χ2n) is 5.06. The van der Waals surface area contributed by atoms with Crippen LogP contribution < -0.4 is 4.74 Å². The maximum absolute atomic E-state index is 11.5. The van der Waals surface area contributed by atoms with Crippen LogP contribution in [-0.2, 0) is 4.79 Å². The molecule has 0 N–H and O–H groups in total. The van der Waals surface area contributed by atoms with Gasteiger partial charge >= 0.3 is 0 Å². The van der Waals surface area contributed by atoms with Crippen LogP contribution in [0.25, 0.3) is 0 Å². The van der Waals surface area contributed by atoms with Crippen LogP contribution in [-0.4, -0.2) is 12.4 Å². The van der Waals surface area contributed by atoms with Crippen molar-refractivity contribution in [2.24, 2.45) is 5.92 Å². The van der Waals surface area contributed by atoms with E-state index in [1.807, 2.05) is 12.1 Å². The van der Waals surface area contributed by atoms with Crippen LogP contribution in [0.5, 0.6) is 5.75 Å². The summed E-state index contributed by atoms with van der Waals surface area (Å²) < 4.78 is 6.90. The van der Waals surface area contributed by atoms with E-state index in [-0.39, 0.29) is 5.92 Å². The van der Waals surface area contributed by atoms with Gasteiger partial charge in [-0.05, 0) is 56.4 Å². The minimum atomic E-state index is 0.239. The third-order valence-corrected chi connectivity index (χ3v) is 4.83. The molecule has 1 atom stereocenters. The summed E-state index contributed by atoms with van der Waals surface area (Å²) in [6, 6.07) is 4.07. The van der Waals surface area contributed by atoms with E-state index in [1.54, 1.807) is 0 Å². The van der Waals surface area contributed by atoms with Crippen molar-refractivity contribution < 1.29 is 9.53 Å². The van der Waals surface area contributed by atoms with Crippen LogP contribution in [0.4, 0.5) is 0 Å². The highest BCUT2D eigenvalue weighted by atomic mass is 79.9. The molecule has 1 unspecified atom stereocenters. The largest absolute Gasteiger partial charge is 0.494 e.